The van der Waals surface area contributed by atoms with Gasteiger partial charge in [-0.2, -0.15) is 0 Å². The van der Waals surface area contributed by atoms with Crippen LogP contribution in [0.15, 0.2) is 24.3 Å². The highest BCUT2D eigenvalue weighted by Crippen LogP contribution is 2.17. The van der Waals surface area contributed by atoms with Gasteiger partial charge in [0.25, 0.3) is 0 Å². The zero-order valence-corrected chi connectivity index (χ0v) is 45.2. The Morgan fingerprint density at radius 3 is 0.806 bits per heavy atom. The second-order valence-electron chi connectivity index (χ2n) is 20.3. The lowest BCUT2D eigenvalue weighted by Gasteiger charge is -2.18. The third-order valence-corrected chi connectivity index (χ3v) is 13.4. The summed E-state index contributed by atoms with van der Waals surface area (Å²) in [7, 11) is 0. The second-order valence-corrected chi connectivity index (χ2v) is 20.3. The molecule has 0 aliphatic rings. The van der Waals surface area contributed by atoms with Crippen LogP contribution in [0.25, 0.3) is 0 Å². The fraction of sp³-hybridized carbons (Fsp3) is 0.885. The van der Waals surface area contributed by atoms with E-state index in [9.17, 15) is 14.4 Å². The molecular formula is C61H114O6. The molecule has 0 heterocycles. The first kappa shape index (κ1) is 64.9. The van der Waals surface area contributed by atoms with E-state index in [-0.39, 0.29) is 31.1 Å². The van der Waals surface area contributed by atoms with Gasteiger partial charge in [0.15, 0.2) is 6.10 Å². The third kappa shape index (κ3) is 54.7. The molecule has 0 aromatic rings. The minimum Gasteiger partial charge on any atom is -0.462 e. The molecule has 1 unspecified atom stereocenters. The summed E-state index contributed by atoms with van der Waals surface area (Å²) in [5.74, 6) is -0.874. The monoisotopic (exact) mass is 943 g/mol. The van der Waals surface area contributed by atoms with Crippen molar-refractivity contribution in [2.24, 2.45) is 0 Å². The van der Waals surface area contributed by atoms with Crippen LogP contribution in [0.3, 0.4) is 0 Å². The average Bonchev–Trinajstić information content (AvgIpc) is 3.33. The summed E-state index contributed by atoms with van der Waals surface area (Å²) in [4.78, 5) is 38.1. The normalized spacial score (nSPS) is 12.1. The summed E-state index contributed by atoms with van der Waals surface area (Å²) in [6.45, 7) is 6.61. The Morgan fingerprint density at radius 1 is 0.284 bits per heavy atom. The van der Waals surface area contributed by atoms with Gasteiger partial charge in [0.05, 0.1) is 0 Å². The van der Waals surface area contributed by atoms with Gasteiger partial charge in [-0.05, 0) is 64.2 Å². The number of hydrogen-bond acceptors (Lipinski definition) is 6. The molecule has 0 bridgehead atoms. The van der Waals surface area contributed by atoms with Crippen molar-refractivity contribution in [3.8, 4) is 0 Å². The summed E-state index contributed by atoms with van der Waals surface area (Å²) in [6, 6.07) is 0. The maximum absolute atomic E-state index is 12.8. The van der Waals surface area contributed by atoms with Crippen LogP contribution in [0, 0.1) is 0 Å². The summed E-state index contributed by atoms with van der Waals surface area (Å²) in [5.41, 5.74) is 0. The molecule has 0 amide bonds. The van der Waals surface area contributed by atoms with Crippen LogP contribution in [0.2, 0.25) is 0 Å². The number of carbonyl (C=O) groups excluding carboxylic acids is 3. The molecule has 0 N–H and O–H groups in total. The molecular weight excluding hydrogens is 829 g/mol. The van der Waals surface area contributed by atoms with Crippen molar-refractivity contribution in [3.63, 3.8) is 0 Å². The number of ether oxygens (including phenoxy) is 3. The lowest BCUT2D eigenvalue weighted by Crippen LogP contribution is -2.30. The van der Waals surface area contributed by atoms with Gasteiger partial charge in [0.2, 0.25) is 0 Å². The first-order chi connectivity index (χ1) is 33.0. The zero-order valence-electron chi connectivity index (χ0n) is 45.2. The molecule has 0 radical (unpaired) electrons. The fourth-order valence-corrected chi connectivity index (χ4v) is 8.91. The van der Waals surface area contributed by atoms with Crippen molar-refractivity contribution in [1.82, 2.24) is 0 Å². The van der Waals surface area contributed by atoms with Gasteiger partial charge in [-0.15, -0.1) is 0 Å². The predicted octanol–water partition coefficient (Wildman–Crippen LogP) is 19.9. The minimum atomic E-state index is -0.775. The number of rotatable bonds is 55. The average molecular weight is 944 g/mol. The highest BCUT2D eigenvalue weighted by Gasteiger charge is 2.19. The molecule has 6 heteroatoms. The molecule has 0 rings (SSSR count). The summed E-state index contributed by atoms with van der Waals surface area (Å²) in [6.07, 6.45) is 66.2. The molecule has 0 aromatic heterocycles. The Kier molecular flexibility index (Phi) is 54.7. The molecule has 0 aliphatic carbocycles. The first-order valence-corrected chi connectivity index (χ1v) is 29.8. The van der Waals surface area contributed by atoms with Gasteiger partial charge in [-0.25, -0.2) is 0 Å². The number of allylic oxidation sites excluding steroid dienone is 4. The largest absolute Gasteiger partial charge is 0.462 e. The van der Waals surface area contributed by atoms with E-state index in [0.717, 1.165) is 77.0 Å². The van der Waals surface area contributed by atoms with Crippen molar-refractivity contribution in [2.75, 3.05) is 13.2 Å². The molecule has 1 atom stereocenters. The van der Waals surface area contributed by atoms with Crippen LogP contribution in [0.1, 0.15) is 329 Å². The van der Waals surface area contributed by atoms with Crippen molar-refractivity contribution >= 4 is 17.9 Å². The topological polar surface area (TPSA) is 78.9 Å². The van der Waals surface area contributed by atoms with Crippen molar-refractivity contribution < 1.29 is 28.6 Å². The standard InChI is InChI=1S/C61H114O6/c1-4-7-10-13-16-19-22-24-26-27-28-29-30-31-32-33-34-36-37-39-42-45-48-51-54-60(63)66-57-58(56-65-59(62)53-50-47-44-41-21-18-15-12-9-6-3)67-61(64)55-52-49-46-43-40-38-35-25-23-20-17-14-11-8-5-2/h12,15,25,35,58H,4-11,13-14,16-24,26-34,36-57H2,1-3H3/b15-12-,35-25-. The second kappa shape index (κ2) is 56.5. The predicted molar refractivity (Wildman–Crippen MR) is 289 cm³/mol. The highest BCUT2D eigenvalue weighted by molar-refractivity contribution is 5.71. The van der Waals surface area contributed by atoms with Gasteiger partial charge in [0.1, 0.15) is 13.2 Å². The number of hydrogen-bond donors (Lipinski definition) is 0. The Hall–Kier alpha value is -2.11. The maximum Gasteiger partial charge on any atom is 0.306 e. The number of carbonyl (C=O) groups is 3. The van der Waals surface area contributed by atoms with Crippen LogP contribution in [-0.2, 0) is 28.6 Å². The minimum absolute atomic E-state index is 0.0731. The fourth-order valence-electron chi connectivity index (χ4n) is 8.91. The summed E-state index contributed by atoms with van der Waals surface area (Å²) in [5, 5.41) is 0. The molecule has 0 aromatic carbocycles. The van der Waals surface area contributed by atoms with E-state index in [1.807, 2.05) is 0 Å². The first-order valence-electron chi connectivity index (χ1n) is 29.8. The molecule has 0 fully saturated rings. The molecule has 6 nitrogen and oxygen atoms in total. The Labute approximate surface area is 417 Å². The Balaban J connectivity index is 4.18. The smallest absolute Gasteiger partial charge is 0.306 e. The van der Waals surface area contributed by atoms with E-state index in [2.05, 4.69) is 45.1 Å². The Morgan fingerprint density at radius 2 is 0.522 bits per heavy atom. The Bertz CT molecular complexity index is 1080. The van der Waals surface area contributed by atoms with E-state index in [1.165, 1.54) is 212 Å². The molecule has 67 heavy (non-hydrogen) atoms. The zero-order chi connectivity index (χ0) is 48.6. The molecule has 0 spiro atoms. The van der Waals surface area contributed by atoms with Crippen LogP contribution in [0.5, 0.6) is 0 Å². The van der Waals surface area contributed by atoms with Crippen molar-refractivity contribution in [1.29, 1.82) is 0 Å². The molecule has 0 saturated heterocycles. The lowest BCUT2D eigenvalue weighted by atomic mass is 10.0. The van der Waals surface area contributed by atoms with Crippen LogP contribution < -0.4 is 0 Å². The highest BCUT2D eigenvalue weighted by atomic mass is 16.6. The van der Waals surface area contributed by atoms with Crippen LogP contribution in [-0.4, -0.2) is 37.2 Å². The van der Waals surface area contributed by atoms with E-state index >= 15 is 0 Å². The van der Waals surface area contributed by atoms with Gasteiger partial charge >= 0.3 is 17.9 Å². The summed E-state index contributed by atoms with van der Waals surface area (Å²) < 4.78 is 16.8. The number of unbranched alkanes of at least 4 members (excludes halogenated alkanes) is 40. The third-order valence-electron chi connectivity index (χ3n) is 13.4. The van der Waals surface area contributed by atoms with E-state index < -0.39 is 6.10 Å². The molecule has 0 saturated carbocycles. The molecule has 0 aliphatic heterocycles. The SMILES string of the molecule is CCC/C=C\CCCCCCCC(=O)OCC(COC(=O)CCCCCCCCCCCCCCCCCCCCCCCCCC)OC(=O)CCCCCCC/C=C\CCCCCCCC. The number of esters is 3. The van der Waals surface area contributed by atoms with Gasteiger partial charge in [0, 0.05) is 19.3 Å². The van der Waals surface area contributed by atoms with E-state index in [4.69, 9.17) is 14.2 Å². The van der Waals surface area contributed by atoms with Crippen molar-refractivity contribution in [2.45, 2.75) is 335 Å². The lowest BCUT2D eigenvalue weighted by molar-refractivity contribution is -0.167. The van der Waals surface area contributed by atoms with Crippen molar-refractivity contribution in [3.05, 3.63) is 24.3 Å². The molecule has 394 valence electrons. The van der Waals surface area contributed by atoms with Gasteiger partial charge in [-0.1, -0.05) is 270 Å². The van der Waals surface area contributed by atoms with Crippen LogP contribution in [0.4, 0.5) is 0 Å². The van der Waals surface area contributed by atoms with Gasteiger partial charge < -0.3 is 14.2 Å². The quantitative estimate of drug-likeness (QED) is 0.0262. The van der Waals surface area contributed by atoms with E-state index in [0.29, 0.717) is 19.3 Å². The van der Waals surface area contributed by atoms with Gasteiger partial charge in [-0.3, -0.25) is 14.4 Å². The summed E-state index contributed by atoms with van der Waals surface area (Å²) >= 11 is 0. The maximum atomic E-state index is 12.8. The van der Waals surface area contributed by atoms with Crippen LogP contribution >= 0.6 is 0 Å². The van der Waals surface area contributed by atoms with E-state index in [1.54, 1.807) is 0 Å².